The van der Waals surface area contributed by atoms with E-state index in [1.54, 1.807) is 6.08 Å². The Labute approximate surface area is 95.9 Å². The summed E-state index contributed by atoms with van der Waals surface area (Å²) in [6.07, 6.45) is 14.7. The Balaban J connectivity index is 1.99. The minimum absolute atomic E-state index is 0.0920. The van der Waals surface area contributed by atoms with Crippen molar-refractivity contribution in [3.8, 4) is 0 Å². The molecule has 0 amide bonds. The van der Waals surface area contributed by atoms with Gasteiger partial charge in [0.2, 0.25) is 0 Å². The summed E-state index contributed by atoms with van der Waals surface area (Å²) in [5.41, 5.74) is 0. The van der Waals surface area contributed by atoms with E-state index in [0.717, 1.165) is 19.3 Å². The fraction of sp³-hybridized carbons (Fsp3) is 0.286. The van der Waals surface area contributed by atoms with Crippen LogP contribution < -0.4 is 4.57 Å². The van der Waals surface area contributed by atoms with Gasteiger partial charge < -0.3 is 0 Å². The lowest BCUT2D eigenvalue weighted by molar-refractivity contribution is -0.568. The first-order valence-corrected chi connectivity index (χ1v) is 5.71. The summed E-state index contributed by atoms with van der Waals surface area (Å²) < 4.78 is 1.88. The molecule has 0 N–H and O–H groups in total. The van der Waals surface area contributed by atoms with Crippen molar-refractivity contribution < 1.29 is 9.36 Å². The van der Waals surface area contributed by atoms with Gasteiger partial charge in [0.15, 0.2) is 24.4 Å². The zero-order chi connectivity index (χ0) is 11.2. The van der Waals surface area contributed by atoms with E-state index in [-0.39, 0.29) is 11.7 Å². The third kappa shape index (κ3) is 2.89. The van der Waals surface area contributed by atoms with E-state index in [1.807, 2.05) is 47.4 Å². The first-order chi connectivity index (χ1) is 7.86. The van der Waals surface area contributed by atoms with Crippen molar-refractivity contribution >= 4 is 12.0 Å². The van der Waals surface area contributed by atoms with Crippen molar-refractivity contribution in [2.24, 2.45) is 5.92 Å². The minimum Gasteiger partial charge on any atom is -0.294 e. The Kier molecular flexibility index (Phi) is 3.65. The molecule has 2 rings (SSSR count). The molecule has 2 heteroatoms. The molecule has 82 valence electrons. The normalized spacial score (nSPS) is 20.1. The smallest absolute Gasteiger partial charge is 0.178 e. The van der Waals surface area contributed by atoms with Gasteiger partial charge in [-0.1, -0.05) is 18.2 Å². The molecule has 0 radical (unpaired) electrons. The summed E-state index contributed by atoms with van der Waals surface area (Å²) in [6, 6.07) is 5.83. The Morgan fingerprint density at radius 2 is 2.06 bits per heavy atom. The highest BCUT2D eigenvalue weighted by Crippen LogP contribution is 2.17. The molecule has 1 aliphatic rings. The molecule has 2 nitrogen and oxygen atoms in total. The van der Waals surface area contributed by atoms with Crippen molar-refractivity contribution in [1.29, 1.82) is 0 Å². The van der Waals surface area contributed by atoms with Gasteiger partial charge in [-0.15, -0.1) is 0 Å². The van der Waals surface area contributed by atoms with E-state index >= 15 is 0 Å². The molecule has 0 aliphatic heterocycles. The van der Waals surface area contributed by atoms with Crippen LogP contribution in [-0.2, 0) is 4.79 Å². The van der Waals surface area contributed by atoms with Crippen molar-refractivity contribution in [3.63, 3.8) is 0 Å². The largest absolute Gasteiger partial charge is 0.294 e. The fourth-order valence-electron chi connectivity index (χ4n) is 1.84. The van der Waals surface area contributed by atoms with Crippen LogP contribution in [0.1, 0.15) is 19.3 Å². The Morgan fingerprint density at radius 1 is 1.25 bits per heavy atom. The lowest BCUT2D eigenvalue weighted by atomic mass is 9.92. The molecule has 0 saturated heterocycles. The SMILES string of the molecule is O=C(/C=C/[n+]1ccccc1)C1C=CCCC1. The number of pyridine rings is 1. The van der Waals surface area contributed by atoms with Gasteiger partial charge in [0.25, 0.3) is 0 Å². The highest BCUT2D eigenvalue weighted by atomic mass is 16.1. The number of hydrogen-bond donors (Lipinski definition) is 0. The molecule has 0 saturated carbocycles. The van der Waals surface area contributed by atoms with E-state index in [9.17, 15) is 4.79 Å². The van der Waals surface area contributed by atoms with E-state index in [0.29, 0.717) is 0 Å². The van der Waals surface area contributed by atoms with Gasteiger partial charge >= 0.3 is 0 Å². The predicted molar refractivity (Wildman–Crippen MR) is 63.5 cm³/mol. The van der Waals surface area contributed by atoms with Crippen LogP contribution in [-0.4, -0.2) is 5.78 Å². The van der Waals surface area contributed by atoms with Crippen LogP contribution in [0.3, 0.4) is 0 Å². The first-order valence-electron chi connectivity index (χ1n) is 5.71. The number of allylic oxidation sites excluding steroid dienone is 3. The third-order valence-electron chi connectivity index (χ3n) is 2.77. The molecule has 1 heterocycles. The van der Waals surface area contributed by atoms with Crippen LogP contribution in [0.2, 0.25) is 0 Å². The van der Waals surface area contributed by atoms with Gasteiger partial charge in [0.1, 0.15) is 0 Å². The van der Waals surface area contributed by atoms with Crippen molar-refractivity contribution in [3.05, 3.63) is 48.8 Å². The summed E-state index contributed by atoms with van der Waals surface area (Å²) in [6.45, 7) is 0. The van der Waals surface area contributed by atoms with Crippen molar-refractivity contribution in [1.82, 2.24) is 0 Å². The Hall–Kier alpha value is -1.70. The van der Waals surface area contributed by atoms with Crippen LogP contribution in [0.25, 0.3) is 6.20 Å². The second-order valence-corrected chi connectivity index (χ2v) is 4.01. The zero-order valence-electron chi connectivity index (χ0n) is 9.25. The monoisotopic (exact) mass is 214 g/mol. The minimum atomic E-state index is 0.0920. The van der Waals surface area contributed by atoms with Crippen LogP contribution in [0.4, 0.5) is 0 Å². The number of rotatable bonds is 3. The highest BCUT2D eigenvalue weighted by molar-refractivity contribution is 5.94. The summed E-state index contributed by atoms with van der Waals surface area (Å²) >= 11 is 0. The van der Waals surface area contributed by atoms with Crippen LogP contribution >= 0.6 is 0 Å². The van der Waals surface area contributed by atoms with Gasteiger partial charge in [-0.2, -0.15) is 4.57 Å². The molecule has 0 bridgehead atoms. The van der Waals surface area contributed by atoms with E-state index in [4.69, 9.17) is 0 Å². The zero-order valence-corrected chi connectivity index (χ0v) is 9.25. The molecule has 0 spiro atoms. The molecular weight excluding hydrogens is 198 g/mol. The number of hydrogen-bond acceptors (Lipinski definition) is 1. The topological polar surface area (TPSA) is 20.9 Å². The second-order valence-electron chi connectivity index (χ2n) is 4.01. The molecule has 0 aromatic carbocycles. The van der Waals surface area contributed by atoms with E-state index < -0.39 is 0 Å². The number of ketones is 1. The number of aromatic nitrogens is 1. The standard InChI is InChI=1S/C14H16NO/c16-14(13-7-3-1-4-8-13)9-12-15-10-5-2-6-11-15/h2-3,5-7,9-13H,1,4,8H2/q+1/b12-9+. The number of nitrogens with zero attached hydrogens (tertiary/aromatic N) is 1. The molecule has 1 aromatic heterocycles. The summed E-state index contributed by atoms with van der Waals surface area (Å²) in [5.74, 6) is 0.293. The summed E-state index contributed by atoms with van der Waals surface area (Å²) in [7, 11) is 0. The molecule has 1 atom stereocenters. The number of carbonyl (C=O) groups is 1. The first kappa shape index (κ1) is 10.8. The predicted octanol–water partition coefficient (Wildman–Crippen LogP) is 2.37. The molecule has 1 aromatic rings. The van der Waals surface area contributed by atoms with Crippen LogP contribution in [0.5, 0.6) is 0 Å². The van der Waals surface area contributed by atoms with E-state index in [2.05, 4.69) is 6.08 Å². The molecular formula is C14H16NO+. The van der Waals surface area contributed by atoms with Gasteiger partial charge in [-0.25, -0.2) is 0 Å². The second kappa shape index (κ2) is 5.40. The third-order valence-corrected chi connectivity index (χ3v) is 2.77. The van der Waals surface area contributed by atoms with Gasteiger partial charge in [-0.05, 0) is 19.3 Å². The van der Waals surface area contributed by atoms with Crippen molar-refractivity contribution in [2.45, 2.75) is 19.3 Å². The molecule has 0 fully saturated rings. The van der Waals surface area contributed by atoms with Gasteiger partial charge in [-0.3, -0.25) is 4.79 Å². The van der Waals surface area contributed by atoms with Crippen molar-refractivity contribution in [2.75, 3.05) is 0 Å². The van der Waals surface area contributed by atoms with Gasteiger partial charge in [0.05, 0.1) is 0 Å². The van der Waals surface area contributed by atoms with E-state index in [1.165, 1.54) is 0 Å². The quantitative estimate of drug-likeness (QED) is 0.430. The average Bonchev–Trinajstić information content (AvgIpc) is 2.38. The lowest BCUT2D eigenvalue weighted by Crippen LogP contribution is -2.24. The molecule has 1 aliphatic carbocycles. The fourth-order valence-corrected chi connectivity index (χ4v) is 1.84. The average molecular weight is 214 g/mol. The lowest BCUT2D eigenvalue weighted by Gasteiger charge is -2.11. The van der Waals surface area contributed by atoms with Gasteiger partial charge in [0, 0.05) is 24.1 Å². The van der Waals surface area contributed by atoms with Crippen LogP contribution in [0, 0.1) is 5.92 Å². The Morgan fingerprint density at radius 3 is 2.75 bits per heavy atom. The number of carbonyl (C=O) groups excluding carboxylic acids is 1. The summed E-state index contributed by atoms with van der Waals surface area (Å²) in [5, 5.41) is 0. The highest BCUT2D eigenvalue weighted by Gasteiger charge is 2.15. The maximum atomic E-state index is 11.8. The molecule has 1 unspecified atom stereocenters. The van der Waals surface area contributed by atoms with Crippen LogP contribution in [0.15, 0.2) is 48.8 Å². The maximum Gasteiger partial charge on any atom is 0.178 e. The maximum absolute atomic E-state index is 11.8. The Bertz CT molecular complexity index is 406. The summed E-state index contributed by atoms with van der Waals surface area (Å²) in [4.78, 5) is 11.8. The molecule has 16 heavy (non-hydrogen) atoms.